The van der Waals surface area contributed by atoms with Gasteiger partial charge in [-0.05, 0) is 30.3 Å². The Bertz CT molecular complexity index is 992. The lowest BCUT2D eigenvalue weighted by molar-refractivity contribution is 0.102. The van der Waals surface area contributed by atoms with E-state index in [1.807, 2.05) is 0 Å². The topological polar surface area (TPSA) is 72.5 Å². The van der Waals surface area contributed by atoms with Crippen molar-refractivity contribution in [3.63, 3.8) is 0 Å². The number of nitrogens with zero attached hydrogens (tertiary/aromatic N) is 1. The van der Waals surface area contributed by atoms with Crippen molar-refractivity contribution in [3.8, 4) is 11.5 Å². The van der Waals surface area contributed by atoms with Crippen molar-refractivity contribution in [1.29, 1.82) is 0 Å². The Balaban J connectivity index is 1.38. The summed E-state index contributed by atoms with van der Waals surface area (Å²) < 4.78 is 24.6. The summed E-state index contributed by atoms with van der Waals surface area (Å²) in [7, 11) is 0. The molecular formula is C21H18FN3O3. The Morgan fingerprint density at radius 1 is 1.04 bits per heavy atom. The number of rotatable bonds is 5. The van der Waals surface area contributed by atoms with Crippen molar-refractivity contribution in [2.24, 2.45) is 0 Å². The quantitative estimate of drug-likeness (QED) is 0.704. The van der Waals surface area contributed by atoms with Gasteiger partial charge in [-0.1, -0.05) is 18.2 Å². The van der Waals surface area contributed by atoms with Crippen LogP contribution in [0.15, 0.2) is 60.8 Å². The summed E-state index contributed by atoms with van der Waals surface area (Å²) in [5.74, 6) is 1.26. The highest BCUT2D eigenvalue weighted by Crippen LogP contribution is 2.32. The van der Waals surface area contributed by atoms with Crippen molar-refractivity contribution in [2.75, 3.05) is 23.8 Å². The first-order valence-electron chi connectivity index (χ1n) is 8.83. The Morgan fingerprint density at radius 2 is 1.86 bits per heavy atom. The lowest BCUT2D eigenvalue weighted by Gasteiger charge is -2.19. The van der Waals surface area contributed by atoms with E-state index in [1.54, 1.807) is 48.5 Å². The summed E-state index contributed by atoms with van der Waals surface area (Å²) in [6.07, 6.45) is 1.47. The molecule has 0 aliphatic carbocycles. The normalized spacial score (nSPS) is 12.3. The second-order valence-electron chi connectivity index (χ2n) is 6.19. The fraction of sp³-hybridized carbons (Fsp3) is 0.143. The molecule has 1 aliphatic heterocycles. The number of fused-ring (bicyclic) bond motifs is 1. The fourth-order valence-corrected chi connectivity index (χ4v) is 2.78. The summed E-state index contributed by atoms with van der Waals surface area (Å²) in [5.41, 5.74) is 1.56. The molecule has 7 heteroatoms. The minimum atomic E-state index is -0.287. The minimum absolute atomic E-state index is 0.273. The molecule has 1 amide bonds. The number of amides is 1. The molecule has 2 N–H and O–H groups in total. The van der Waals surface area contributed by atoms with E-state index in [0.717, 1.165) is 0 Å². The van der Waals surface area contributed by atoms with Gasteiger partial charge in [-0.15, -0.1) is 0 Å². The predicted octanol–water partition coefficient (Wildman–Crippen LogP) is 3.86. The zero-order valence-corrected chi connectivity index (χ0v) is 14.9. The first-order valence-corrected chi connectivity index (χ1v) is 8.83. The average molecular weight is 379 g/mol. The predicted molar refractivity (Wildman–Crippen MR) is 103 cm³/mol. The van der Waals surface area contributed by atoms with Gasteiger partial charge in [0.2, 0.25) is 0 Å². The number of pyridine rings is 1. The smallest absolute Gasteiger partial charge is 0.257 e. The first-order chi connectivity index (χ1) is 13.7. The molecule has 4 rings (SSSR count). The minimum Gasteiger partial charge on any atom is -0.486 e. The number of benzene rings is 2. The van der Waals surface area contributed by atoms with Crippen molar-refractivity contribution >= 4 is 17.4 Å². The molecule has 0 radical (unpaired) electrons. The number of ether oxygens (including phenoxy) is 2. The van der Waals surface area contributed by atoms with Crippen molar-refractivity contribution < 1.29 is 18.7 Å². The van der Waals surface area contributed by atoms with Crippen LogP contribution in [0.4, 0.5) is 15.9 Å². The maximum Gasteiger partial charge on any atom is 0.257 e. The van der Waals surface area contributed by atoms with E-state index in [4.69, 9.17) is 9.47 Å². The number of halogens is 1. The molecule has 1 aliphatic rings. The molecule has 3 aromatic rings. The van der Waals surface area contributed by atoms with Crippen LogP contribution >= 0.6 is 0 Å². The van der Waals surface area contributed by atoms with E-state index in [9.17, 15) is 9.18 Å². The molecule has 2 heterocycles. The summed E-state index contributed by atoms with van der Waals surface area (Å²) in [6, 6.07) is 15.1. The average Bonchev–Trinajstić information content (AvgIpc) is 2.73. The maximum absolute atomic E-state index is 13.6. The zero-order valence-electron chi connectivity index (χ0n) is 14.9. The second kappa shape index (κ2) is 7.96. The molecule has 0 saturated carbocycles. The number of carbonyl (C=O) groups excluding carboxylic acids is 1. The van der Waals surface area contributed by atoms with Gasteiger partial charge in [0.1, 0.15) is 24.8 Å². The van der Waals surface area contributed by atoms with E-state index >= 15 is 0 Å². The summed E-state index contributed by atoms with van der Waals surface area (Å²) in [6.45, 7) is 1.31. The van der Waals surface area contributed by atoms with Crippen LogP contribution in [-0.4, -0.2) is 24.1 Å². The van der Waals surface area contributed by atoms with E-state index in [-0.39, 0.29) is 11.7 Å². The SMILES string of the molecule is O=C(Nc1ccc2c(c1)OCCO2)c1ccc(NCc2ccccc2F)nc1. The molecule has 6 nitrogen and oxygen atoms in total. The summed E-state index contributed by atoms with van der Waals surface area (Å²) in [5, 5.41) is 5.85. The third kappa shape index (κ3) is 4.03. The molecule has 0 bridgehead atoms. The third-order valence-electron chi connectivity index (χ3n) is 4.24. The second-order valence-corrected chi connectivity index (χ2v) is 6.19. The van der Waals surface area contributed by atoms with Crippen LogP contribution in [0, 0.1) is 5.82 Å². The molecule has 0 atom stereocenters. The van der Waals surface area contributed by atoms with Gasteiger partial charge in [0.25, 0.3) is 5.91 Å². The Hall–Kier alpha value is -3.61. The Morgan fingerprint density at radius 3 is 2.64 bits per heavy atom. The number of aromatic nitrogens is 1. The molecule has 0 fully saturated rings. The number of carbonyl (C=O) groups is 1. The van der Waals surface area contributed by atoms with Gasteiger partial charge in [-0.2, -0.15) is 0 Å². The third-order valence-corrected chi connectivity index (χ3v) is 4.24. The summed E-state index contributed by atoms with van der Waals surface area (Å²) in [4.78, 5) is 16.6. The fourth-order valence-electron chi connectivity index (χ4n) is 2.78. The highest BCUT2D eigenvalue weighted by molar-refractivity contribution is 6.04. The van der Waals surface area contributed by atoms with Gasteiger partial charge >= 0.3 is 0 Å². The molecule has 0 unspecified atom stereocenters. The number of nitrogens with one attached hydrogen (secondary N) is 2. The molecule has 2 aromatic carbocycles. The first kappa shape index (κ1) is 17.8. The van der Waals surface area contributed by atoms with E-state index in [0.29, 0.717) is 53.9 Å². The van der Waals surface area contributed by atoms with Crippen LogP contribution in [0.1, 0.15) is 15.9 Å². The molecule has 1 aromatic heterocycles. The van der Waals surface area contributed by atoms with Gasteiger partial charge < -0.3 is 20.1 Å². The monoisotopic (exact) mass is 379 g/mol. The molecule has 0 saturated heterocycles. The van der Waals surface area contributed by atoms with Gasteiger partial charge in [0.15, 0.2) is 11.5 Å². The van der Waals surface area contributed by atoms with Crippen LogP contribution in [0.5, 0.6) is 11.5 Å². The van der Waals surface area contributed by atoms with Gasteiger partial charge in [0.05, 0.1) is 5.56 Å². The number of hydrogen-bond acceptors (Lipinski definition) is 5. The summed E-state index contributed by atoms with van der Waals surface area (Å²) >= 11 is 0. The van der Waals surface area contributed by atoms with E-state index in [1.165, 1.54) is 12.3 Å². The lowest BCUT2D eigenvalue weighted by Crippen LogP contribution is -2.16. The van der Waals surface area contributed by atoms with Crippen LogP contribution in [-0.2, 0) is 6.54 Å². The van der Waals surface area contributed by atoms with Crippen LogP contribution in [0.3, 0.4) is 0 Å². The largest absolute Gasteiger partial charge is 0.486 e. The van der Waals surface area contributed by atoms with Crippen molar-refractivity contribution in [1.82, 2.24) is 4.98 Å². The van der Waals surface area contributed by atoms with E-state index in [2.05, 4.69) is 15.6 Å². The molecule has 142 valence electrons. The molecular weight excluding hydrogens is 361 g/mol. The van der Waals surface area contributed by atoms with Crippen LogP contribution in [0.2, 0.25) is 0 Å². The lowest BCUT2D eigenvalue weighted by atomic mass is 10.2. The van der Waals surface area contributed by atoms with Crippen molar-refractivity contribution in [2.45, 2.75) is 6.54 Å². The maximum atomic E-state index is 13.6. The number of hydrogen-bond donors (Lipinski definition) is 2. The molecule has 28 heavy (non-hydrogen) atoms. The standard InChI is InChI=1S/C21H18FN3O3/c22-17-4-2-1-3-14(17)12-23-20-8-5-15(13-24-20)21(26)25-16-6-7-18-19(11-16)28-10-9-27-18/h1-8,11,13H,9-10,12H2,(H,23,24)(H,25,26). The van der Waals surface area contributed by atoms with Gasteiger partial charge in [-0.25, -0.2) is 9.37 Å². The number of anilines is 2. The zero-order chi connectivity index (χ0) is 19.3. The Labute approximate surface area is 161 Å². The van der Waals surface area contributed by atoms with Crippen molar-refractivity contribution in [3.05, 3.63) is 77.7 Å². The van der Waals surface area contributed by atoms with Crippen LogP contribution in [0.25, 0.3) is 0 Å². The van der Waals surface area contributed by atoms with Gasteiger partial charge in [-0.3, -0.25) is 4.79 Å². The highest BCUT2D eigenvalue weighted by atomic mass is 19.1. The van der Waals surface area contributed by atoms with Gasteiger partial charge in [0, 0.05) is 30.1 Å². The van der Waals surface area contributed by atoms with Crippen LogP contribution < -0.4 is 20.1 Å². The molecule has 0 spiro atoms. The Kier molecular flexibility index (Phi) is 5.05. The van der Waals surface area contributed by atoms with E-state index < -0.39 is 0 Å². The highest BCUT2D eigenvalue weighted by Gasteiger charge is 2.13.